The molecule has 0 aliphatic carbocycles. The van der Waals surface area contributed by atoms with Gasteiger partial charge >= 0.3 is 0 Å². The van der Waals surface area contributed by atoms with Crippen molar-refractivity contribution in [3.05, 3.63) is 11.1 Å². The molecule has 0 saturated carbocycles. The number of nitrogens with zero attached hydrogens (tertiary/aromatic N) is 2. The van der Waals surface area contributed by atoms with Crippen molar-refractivity contribution in [2.45, 2.75) is 39.8 Å². The highest BCUT2D eigenvalue weighted by molar-refractivity contribution is 7.13. The zero-order valence-corrected chi connectivity index (χ0v) is 12.9. The fraction of sp³-hybridized carbons (Fsp3) is 0.769. The number of thiazole rings is 1. The number of nitrogens with one attached hydrogen (secondary N) is 1. The Kier molecular flexibility index (Phi) is 6.60. The number of methoxy groups -OCH3 is 1. The number of hydrogen-bond donors (Lipinski definition) is 1. The minimum Gasteiger partial charge on any atom is -0.383 e. The smallest absolute Gasteiger partial charge is 0.185 e. The van der Waals surface area contributed by atoms with E-state index in [1.807, 2.05) is 0 Å². The molecule has 1 aromatic rings. The summed E-state index contributed by atoms with van der Waals surface area (Å²) in [5.74, 6) is 0. The van der Waals surface area contributed by atoms with E-state index in [0.29, 0.717) is 12.1 Å². The summed E-state index contributed by atoms with van der Waals surface area (Å²) in [6.45, 7) is 11.2. The van der Waals surface area contributed by atoms with Crippen LogP contribution in [-0.2, 0) is 4.74 Å². The van der Waals surface area contributed by atoms with Gasteiger partial charge in [-0.3, -0.25) is 0 Å². The third-order valence-electron chi connectivity index (χ3n) is 2.99. The highest BCUT2D eigenvalue weighted by Crippen LogP contribution is 2.25. The van der Waals surface area contributed by atoms with Crippen LogP contribution in [0.2, 0.25) is 0 Å². The molecule has 5 heteroatoms. The second kappa shape index (κ2) is 7.71. The topological polar surface area (TPSA) is 37.4 Å². The highest BCUT2D eigenvalue weighted by atomic mass is 32.1. The molecule has 4 nitrogen and oxygen atoms in total. The second-order valence-corrected chi connectivity index (χ2v) is 5.26. The average molecular weight is 271 g/mol. The Morgan fingerprint density at radius 2 is 2.17 bits per heavy atom. The first-order valence-electron chi connectivity index (χ1n) is 6.58. The van der Waals surface area contributed by atoms with E-state index in [9.17, 15) is 0 Å². The number of anilines is 1. The fourth-order valence-electron chi connectivity index (χ4n) is 1.98. The molecule has 1 N–H and O–H groups in total. The van der Waals surface area contributed by atoms with Crippen LogP contribution in [0.5, 0.6) is 0 Å². The largest absolute Gasteiger partial charge is 0.383 e. The average Bonchev–Trinajstić information content (AvgIpc) is 2.80. The predicted octanol–water partition coefficient (Wildman–Crippen LogP) is 2.67. The summed E-state index contributed by atoms with van der Waals surface area (Å²) in [5.41, 5.74) is 1.12. The van der Waals surface area contributed by atoms with Gasteiger partial charge in [0.25, 0.3) is 0 Å². The molecule has 1 rings (SSSR count). The van der Waals surface area contributed by atoms with Gasteiger partial charge in [-0.05, 0) is 27.3 Å². The standard InChI is InChI=1S/C13H25N3OS/c1-6-14-11(4)12-9-18-13(15-12)16(7-2)10(3)8-17-5/h9-11,14H,6-8H2,1-5H3. The van der Waals surface area contributed by atoms with Crippen molar-refractivity contribution >= 4 is 16.5 Å². The summed E-state index contributed by atoms with van der Waals surface area (Å²) >= 11 is 1.71. The van der Waals surface area contributed by atoms with E-state index >= 15 is 0 Å². The summed E-state index contributed by atoms with van der Waals surface area (Å²) in [6, 6.07) is 0.671. The molecular formula is C13H25N3OS. The minimum absolute atomic E-state index is 0.316. The van der Waals surface area contributed by atoms with Crippen molar-refractivity contribution in [3.8, 4) is 0 Å². The van der Waals surface area contributed by atoms with Crippen molar-refractivity contribution in [3.63, 3.8) is 0 Å². The van der Waals surface area contributed by atoms with Crippen LogP contribution < -0.4 is 10.2 Å². The first-order valence-corrected chi connectivity index (χ1v) is 7.46. The molecule has 0 radical (unpaired) electrons. The van der Waals surface area contributed by atoms with Gasteiger partial charge in [0, 0.05) is 25.1 Å². The van der Waals surface area contributed by atoms with Crippen LogP contribution >= 0.6 is 11.3 Å². The van der Waals surface area contributed by atoms with Crippen LogP contribution in [0.3, 0.4) is 0 Å². The lowest BCUT2D eigenvalue weighted by Gasteiger charge is -2.26. The Morgan fingerprint density at radius 3 is 2.72 bits per heavy atom. The molecule has 0 aliphatic heterocycles. The summed E-state index contributed by atoms with van der Waals surface area (Å²) in [4.78, 5) is 7.02. The van der Waals surface area contributed by atoms with Gasteiger partial charge in [0.1, 0.15) is 0 Å². The molecular weight excluding hydrogens is 246 g/mol. The van der Waals surface area contributed by atoms with Crippen LogP contribution in [0.1, 0.15) is 39.4 Å². The van der Waals surface area contributed by atoms with Crippen molar-refractivity contribution in [2.24, 2.45) is 0 Å². The molecule has 104 valence electrons. The van der Waals surface area contributed by atoms with Crippen LogP contribution in [0.15, 0.2) is 5.38 Å². The quantitative estimate of drug-likeness (QED) is 0.789. The SMILES string of the molecule is CCNC(C)c1csc(N(CC)C(C)COC)n1. The molecule has 1 aromatic heterocycles. The van der Waals surface area contributed by atoms with Gasteiger partial charge in [-0.15, -0.1) is 11.3 Å². The van der Waals surface area contributed by atoms with Crippen LogP contribution in [-0.4, -0.2) is 37.8 Å². The summed E-state index contributed by atoms with van der Waals surface area (Å²) in [6.07, 6.45) is 0. The molecule has 0 aromatic carbocycles. The number of hydrogen-bond acceptors (Lipinski definition) is 5. The third kappa shape index (κ3) is 3.93. The van der Waals surface area contributed by atoms with E-state index in [0.717, 1.165) is 30.5 Å². The van der Waals surface area contributed by atoms with Gasteiger partial charge in [-0.2, -0.15) is 0 Å². The predicted molar refractivity (Wildman–Crippen MR) is 78.6 cm³/mol. The Bertz CT molecular complexity index is 343. The molecule has 2 atom stereocenters. The van der Waals surface area contributed by atoms with E-state index in [-0.39, 0.29) is 0 Å². The van der Waals surface area contributed by atoms with Crippen LogP contribution in [0.25, 0.3) is 0 Å². The lowest BCUT2D eigenvalue weighted by Crippen LogP contribution is -2.36. The van der Waals surface area contributed by atoms with Crippen molar-refractivity contribution < 1.29 is 4.74 Å². The zero-order chi connectivity index (χ0) is 13.5. The van der Waals surface area contributed by atoms with Gasteiger partial charge in [-0.1, -0.05) is 6.92 Å². The van der Waals surface area contributed by atoms with E-state index in [2.05, 4.69) is 43.3 Å². The first kappa shape index (κ1) is 15.4. The maximum absolute atomic E-state index is 5.22. The lowest BCUT2D eigenvalue weighted by molar-refractivity contribution is 0.182. The Morgan fingerprint density at radius 1 is 1.44 bits per heavy atom. The van der Waals surface area contributed by atoms with E-state index < -0.39 is 0 Å². The Hall–Kier alpha value is -0.650. The molecule has 0 saturated heterocycles. The summed E-state index contributed by atoms with van der Waals surface area (Å²) in [5, 5.41) is 6.62. The van der Waals surface area contributed by atoms with Crippen molar-refractivity contribution in [1.82, 2.24) is 10.3 Å². The fourth-order valence-corrected chi connectivity index (χ4v) is 3.07. The van der Waals surface area contributed by atoms with Crippen molar-refractivity contribution in [1.29, 1.82) is 0 Å². The lowest BCUT2D eigenvalue weighted by atomic mass is 10.2. The number of likely N-dealkylation sites (N-methyl/N-ethyl adjacent to an activating group) is 1. The molecule has 2 unspecified atom stereocenters. The first-order chi connectivity index (χ1) is 8.63. The Labute approximate surface area is 114 Å². The van der Waals surface area contributed by atoms with E-state index in [1.54, 1.807) is 18.4 Å². The Balaban J connectivity index is 2.75. The van der Waals surface area contributed by atoms with Crippen molar-refractivity contribution in [2.75, 3.05) is 31.7 Å². The van der Waals surface area contributed by atoms with Gasteiger partial charge in [0.05, 0.1) is 18.3 Å². The monoisotopic (exact) mass is 271 g/mol. The second-order valence-electron chi connectivity index (χ2n) is 4.42. The molecule has 0 fully saturated rings. The maximum Gasteiger partial charge on any atom is 0.185 e. The van der Waals surface area contributed by atoms with Gasteiger partial charge in [-0.25, -0.2) is 4.98 Å². The van der Waals surface area contributed by atoms with E-state index in [1.165, 1.54) is 0 Å². The molecule has 0 spiro atoms. The molecule has 0 aliphatic rings. The number of rotatable bonds is 8. The van der Waals surface area contributed by atoms with Crippen LogP contribution in [0, 0.1) is 0 Å². The summed E-state index contributed by atoms with van der Waals surface area (Å²) in [7, 11) is 1.74. The molecule has 18 heavy (non-hydrogen) atoms. The maximum atomic E-state index is 5.22. The highest BCUT2D eigenvalue weighted by Gasteiger charge is 2.17. The van der Waals surface area contributed by atoms with Gasteiger partial charge in [0.2, 0.25) is 0 Å². The van der Waals surface area contributed by atoms with E-state index in [4.69, 9.17) is 9.72 Å². The molecule has 1 heterocycles. The van der Waals surface area contributed by atoms with Crippen LogP contribution in [0.4, 0.5) is 5.13 Å². The molecule has 0 bridgehead atoms. The summed E-state index contributed by atoms with van der Waals surface area (Å²) < 4.78 is 5.22. The normalized spacial score (nSPS) is 14.5. The van der Waals surface area contributed by atoms with Gasteiger partial charge < -0.3 is 15.0 Å². The number of ether oxygens (including phenoxy) is 1. The minimum atomic E-state index is 0.316. The zero-order valence-electron chi connectivity index (χ0n) is 12.1. The number of aromatic nitrogens is 1. The molecule has 0 amide bonds. The van der Waals surface area contributed by atoms with Gasteiger partial charge in [0.15, 0.2) is 5.13 Å². The third-order valence-corrected chi connectivity index (χ3v) is 3.89.